The van der Waals surface area contributed by atoms with Crippen LogP contribution >= 0.6 is 0 Å². The Morgan fingerprint density at radius 1 is 1.36 bits per heavy atom. The van der Waals surface area contributed by atoms with Gasteiger partial charge in [-0.2, -0.15) is 0 Å². The van der Waals surface area contributed by atoms with Crippen molar-refractivity contribution < 1.29 is 14.1 Å². The highest BCUT2D eigenvalue weighted by Gasteiger charge is 2.24. The molecule has 0 saturated heterocycles. The number of non-ortho nitro benzene ring substituents is 1. The number of nitro groups is 1. The maximum Gasteiger partial charge on any atom is 0.419 e. The zero-order valence-corrected chi connectivity index (χ0v) is 15.8. The molecule has 1 fully saturated rings. The zero-order valence-electron chi connectivity index (χ0n) is 15.8. The Labute approximate surface area is 162 Å². The standard InChI is InChI=1S/C19H26N4O5/c20-12-15(13-5-2-1-3-6-13)21-18(24)7-4-10-22-16-9-8-14(23(26)27)11-17(16)28-19(22)25/h8-9,11,13,15H,1-7,10,12,20H2,(H,21,24). The van der Waals surface area contributed by atoms with Crippen LogP contribution in [0.5, 0.6) is 0 Å². The van der Waals surface area contributed by atoms with Gasteiger partial charge >= 0.3 is 5.76 Å². The molecule has 1 heterocycles. The SMILES string of the molecule is NCC(NC(=O)CCCn1c(=O)oc2cc([N+](=O)[O-])ccc21)C1CCCCC1. The van der Waals surface area contributed by atoms with E-state index in [9.17, 15) is 19.7 Å². The summed E-state index contributed by atoms with van der Waals surface area (Å²) in [6.45, 7) is 0.731. The highest BCUT2D eigenvalue weighted by Crippen LogP contribution is 2.26. The number of carbonyl (C=O) groups is 1. The van der Waals surface area contributed by atoms with Crippen molar-refractivity contribution in [1.29, 1.82) is 0 Å². The Kier molecular flexibility index (Phi) is 6.45. The minimum atomic E-state index is -0.585. The van der Waals surface area contributed by atoms with Gasteiger partial charge in [0, 0.05) is 31.6 Å². The quantitative estimate of drug-likeness (QED) is 0.525. The molecule has 9 nitrogen and oxygen atoms in total. The van der Waals surface area contributed by atoms with Crippen LogP contribution in [0.25, 0.3) is 11.1 Å². The number of aryl methyl sites for hydroxylation is 1. The fraction of sp³-hybridized carbons (Fsp3) is 0.579. The second-order valence-corrected chi connectivity index (χ2v) is 7.34. The van der Waals surface area contributed by atoms with Crippen LogP contribution in [-0.4, -0.2) is 28.0 Å². The van der Waals surface area contributed by atoms with Gasteiger partial charge in [-0.1, -0.05) is 19.3 Å². The number of nitrogens with zero attached hydrogens (tertiary/aromatic N) is 2. The average molecular weight is 390 g/mol. The number of carbonyl (C=O) groups excluding carboxylic acids is 1. The van der Waals surface area contributed by atoms with E-state index in [0.717, 1.165) is 12.8 Å². The Morgan fingerprint density at radius 3 is 2.79 bits per heavy atom. The van der Waals surface area contributed by atoms with Gasteiger partial charge in [0.2, 0.25) is 5.91 Å². The lowest BCUT2D eigenvalue weighted by Crippen LogP contribution is -2.45. The van der Waals surface area contributed by atoms with Gasteiger partial charge in [0.15, 0.2) is 5.58 Å². The third-order valence-electron chi connectivity index (χ3n) is 5.47. The van der Waals surface area contributed by atoms with Gasteiger partial charge in [-0.05, 0) is 31.2 Å². The van der Waals surface area contributed by atoms with Crippen LogP contribution in [0.2, 0.25) is 0 Å². The largest absolute Gasteiger partial charge is 0.419 e. The average Bonchev–Trinajstić information content (AvgIpc) is 3.01. The van der Waals surface area contributed by atoms with E-state index in [2.05, 4.69) is 5.32 Å². The lowest BCUT2D eigenvalue weighted by atomic mass is 9.84. The summed E-state index contributed by atoms with van der Waals surface area (Å²) >= 11 is 0. The summed E-state index contributed by atoms with van der Waals surface area (Å²) in [5.74, 6) is -0.214. The molecule has 3 rings (SSSR count). The van der Waals surface area contributed by atoms with E-state index in [1.54, 1.807) is 0 Å². The predicted molar refractivity (Wildman–Crippen MR) is 104 cm³/mol. The van der Waals surface area contributed by atoms with Gasteiger partial charge in [0.25, 0.3) is 5.69 Å². The normalized spacial score (nSPS) is 16.2. The monoisotopic (exact) mass is 390 g/mol. The number of amides is 1. The minimum Gasteiger partial charge on any atom is -0.407 e. The van der Waals surface area contributed by atoms with E-state index in [1.165, 1.54) is 42.0 Å². The van der Waals surface area contributed by atoms with Gasteiger partial charge in [0.1, 0.15) is 0 Å². The number of hydrogen-bond donors (Lipinski definition) is 2. The van der Waals surface area contributed by atoms with Crippen LogP contribution in [0.3, 0.4) is 0 Å². The number of fused-ring (bicyclic) bond motifs is 1. The molecular weight excluding hydrogens is 364 g/mol. The van der Waals surface area contributed by atoms with Gasteiger partial charge < -0.3 is 15.5 Å². The molecule has 1 amide bonds. The van der Waals surface area contributed by atoms with Crippen molar-refractivity contribution >= 4 is 22.7 Å². The van der Waals surface area contributed by atoms with Gasteiger partial charge in [-0.3, -0.25) is 19.5 Å². The summed E-state index contributed by atoms with van der Waals surface area (Å²) in [5.41, 5.74) is 6.37. The first-order valence-corrected chi connectivity index (χ1v) is 9.77. The first-order valence-electron chi connectivity index (χ1n) is 9.77. The third kappa shape index (κ3) is 4.59. The molecule has 1 saturated carbocycles. The molecule has 28 heavy (non-hydrogen) atoms. The Bertz CT molecular complexity index is 897. The zero-order chi connectivity index (χ0) is 20.1. The highest BCUT2D eigenvalue weighted by molar-refractivity contribution is 5.77. The van der Waals surface area contributed by atoms with Crippen molar-refractivity contribution in [2.75, 3.05) is 6.54 Å². The molecule has 0 radical (unpaired) electrons. The number of nitro benzene ring substituents is 1. The van der Waals surface area contributed by atoms with E-state index < -0.39 is 10.7 Å². The van der Waals surface area contributed by atoms with E-state index in [1.807, 2.05) is 0 Å². The minimum absolute atomic E-state index is 0.00540. The van der Waals surface area contributed by atoms with Crippen LogP contribution in [-0.2, 0) is 11.3 Å². The summed E-state index contributed by atoms with van der Waals surface area (Å²) in [6, 6.07) is 4.06. The molecule has 0 aliphatic heterocycles. The maximum atomic E-state index is 12.3. The number of nitrogens with two attached hydrogens (primary N) is 1. The van der Waals surface area contributed by atoms with Crippen LogP contribution in [0.15, 0.2) is 27.4 Å². The van der Waals surface area contributed by atoms with Crippen molar-refractivity contribution in [1.82, 2.24) is 9.88 Å². The van der Waals surface area contributed by atoms with Crippen molar-refractivity contribution in [2.24, 2.45) is 11.7 Å². The van der Waals surface area contributed by atoms with E-state index in [0.29, 0.717) is 30.9 Å². The number of aromatic nitrogens is 1. The molecule has 1 aromatic carbocycles. The smallest absolute Gasteiger partial charge is 0.407 e. The number of benzene rings is 1. The third-order valence-corrected chi connectivity index (χ3v) is 5.47. The molecule has 9 heteroatoms. The molecule has 1 aliphatic rings. The Balaban J connectivity index is 1.57. The van der Waals surface area contributed by atoms with Gasteiger partial charge in [0.05, 0.1) is 16.5 Å². The summed E-state index contributed by atoms with van der Waals surface area (Å²) in [6.07, 6.45) is 6.56. The molecule has 152 valence electrons. The topological polar surface area (TPSA) is 133 Å². The molecule has 3 N–H and O–H groups in total. The first kappa shape index (κ1) is 20.1. The van der Waals surface area contributed by atoms with E-state index in [4.69, 9.17) is 10.2 Å². The first-order chi connectivity index (χ1) is 13.5. The van der Waals surface area contributed by atoms with Crippen LogP contribution in [0, 0.1) is 16.0 Å². The molecule has 0 spiro atoms. The Morgan fingerprint density at radius 2 is 2.11 bits per heavy atom. The fourth-order valence-corrected chi connectivity index (χ4v) is 3.96. The predicted octanol–water partition coefficient (Wildman–Crippen LogP) is 2.31. The number of hydrogen-bond acceptors (Lipinski definition) is 6. The van der Waals surface area contributed by atoms with Crippen molar-refractivity contribution in [3.63, 3.8) is 0 Å². The second kappa shape index (κ2) is 9.01. The van der Waals surface area contributed by atoms with E-state index >= 15 is 0 Å². The van der Waals surface area contributed by atoms with Crippen LogP contribution in [0.1, 0.15) is 44.9 Å². The summed E-state index contributed by atoms with van der Waals surface area (Å²) < 4.78 is 6.49. The molecule has 1 aliphatic carbocycles. The summed E-state index contributed by atoms with van der Waals surface area (Å²) in [4.78, 5) is 34.6. The van der Waals surface area contributed by atoms with Gasteiger partial charge in [-0.25, -0.2) is 4.79 Å². The van der Waals surface area contributed by atoms with Crippen molar-refractivity contribution in [3.8, 4) is 0 Å². The second-order valence-electron chi connectivity index (χ2n) is 7.34. The molecule has 1 aromatic heterocycles. The molecule has 1 atom stereocenters. The fourth-order valence-electron chi connectivity index (χ4n) is 3.96. The van der Waals surface area contributed by atoms with Crippen LogP contribution < -0.4 is 16.8 Å². The van der Waals surface area contributed by atoms with Crippen molar-refractivity contribution in [3.05, 3.63) is 38.9 Å². The number of oxazole rings is 1. The van der Waals surface area contributed by atoms with Gasteiger partial charge in [-0.15, -0.1) is 0 Å². The maximum absolute atomic E-state index is 12.3. The molecule has 1 unspecified atom stereocenters. The van der Waals surface area contributed by atoms with Crippen molar-refractivity contribution in [2.45, 2.75) is 57.5 Å². The highest BCUT2D eigenvalue weighted by atomic mass is 16.6. The lowest BCUT2D eigenvalue weighted by Gasteiger charge is -2.30. The molecule has 0 bridgehead atoms. The molecular formula is C19H26N4O5. The Hall–Kier alpha value is -2.68. The number of rotatable bonds is 8. The number of nitrogens with one attached hydrogen (secondary N) is 1. The summed E-state index contributed by atoms with van der Waals surface area (Å²) in [5, 5.41) is 13.9. The molecule has 2 aromatic rings. The van der Waals surface area contributed by atoms with Crippen LogP contribution in [0.4, 0.5) is 5.69 Å². The lowest BCUT2D eigenvalue weighted by molar-refractivity contribution is -0.384. The summed E-state index contributed by atoms with van der Waals surface area (Å²) in [7, 11) is 0. The van der Waals surface area contributed by atoms with E-state index in [-0.39, 0.29) is 29.6 Å².